The van der Waals surface area contributed by atoms with Crippen LogP contribution in [0, 0.1) is 11.3 Å². The predicted octanol–water partition coefficient (Wildman–Crippen LogP) is 4.72. The van der Waals surface area contributed by atoms with E-state index in [9.17, 15) is 27.9 Å². The molecule has 31 heavy (non-hydrogen) atoms. The number of ether oxygens (including phenoxy) is 2. The molecule has 0 aliphatic carbocycles. The summed E-state index contributed by atoms with van der Waals surface area (Å²) in [5.74, 6) is -2.56. The van der Waals surface area contributed by atoms with E-state index in [2.05, 4.69) is 10.1 Å². The van der Waals surface area contributed by atoms with E-state index in [1.165, 1.54) is 30.3 Å². The molecule has 0 heterocycles. The predicted molar refractivity (Wildman–Crippen MR) is 104 cm³/mol. The van der Waals surface area contributed by atoms with Gasteiger partial charge >= 0.3 is 12.3 Å². The van der Waals surface area contributed by atoms with Crippen LogP contribution in [0.4, 0.5) is 18.9 Å². The summed E-state index contributed by atoms with van der Waals surface area (Å²) in [6, 6.07) is 10.6. The summed E-state index contributed by atoms with van der Waals surface area (Å²) < 4.78 is 46.2. The van der Waals surface area contributed by atoms with Crippen molar-refractivity contribution in [3.63, 3.8) is 0 Å². The lowest BCUT2D eigenvalue weighted by Gasteiger charge is -2.13. The Morgan fingerprint density at radius 2 is 1.90 bits per heavy atom. The van der Waals surface area contributed by atoms with Gasteiger partial charge in [0.25, 0.3) is 5.91 Å². The molecule has 0 fully saturated rings. The lowest BCUT2D eigenvalue weighted by atomic mass is 9.98. The fraction of sp³-hybridized carbons (Fsp3) is 0.190. The van der Waals surface area contributed by atoms with Crippen molar-refractivity contribution < 1.29 is 37.3 Å². The number of allylic oxidation sites excluding steroid dienone is 1. The fourth-order valence-corrected chi connectivity index (χ4v) is 2.63. The molecule has 0 radical (unpaired) electrons. The van der Waals surface area contributed by atoms with E-state index in [-0.39, 0.29) is 28.8 Å². The highest BCUT2D eigenvalue weighted by Crippen LogP contribution is 2.31. The minimum absolute atomic E-state index is 0.0494. The van der Waals surface area contributed by atoms with Crippen LogP contribution in [0.1, 0.15) is 23.7 Å². The smallest absolute Gasteiger partial charge is 0.511 e. The third-order valence-electron chi connectivity index (χ3n) is 4.02. The molecule has 2 N–H and O–H groups in total. The Morgan fingerprint density at radius 1 is 1.19 bits per heavy atom. The van der Waals surface area contributed by atoms with Crippen LogP contribution in [0.5, 0.6) is 5.75 Å². The number of alkyl halides is 3. The van der Waals surface area contributed by atoms with Crippen molar-refractivity contribution in [2.45, 2.75) is 19.7 Å². The molecule has 2 rings (SSSR count). The Balaban J connectivity index is 2.46. The Labute approximate surface area is 175 Å². The van der Waals surface area contributed by atoms with Gasteiger partial charge in [-0.3, -0.25) is 4.79 Å². The first-order valence-electron chi connectivity index (χ1n) is 8.81. The maximum Gasteiger partial charge on any atom is 0.573 e. The van der Waals surface area contributed by atoms with Crippen molar-refractivity contribution in [1.29, 1.82) is 5.26 Å². The van der Waals surface area contributed by atoms with Crippen LogP contribution in [0.25, 0.3) is 11.1 Å². The van der Waals surface area contributed by atoms with Crippen LogP contribution in [0.3, 0.4) is 0 Å². The molecule has 1 amide bonds. The van der Waals surface area contributed by atoms with E-state index >= 15 is 0 Å². The summed E-state index contributed by atoms with van der Waals surface area (Å²) in [5.41, 5.74) is 0.0366. The highest BCUT2D eigenvalue weighted by molar-refractivity contribution is 6.08. The third kappa shape index (κ3) is 5.99. The second-order valence-corrected chi connectivity index (χ2v) is 6.07. The second-order valence-electron chi connectivity index (χ2n) is 6.07. The monoisotopic (exact) mass is 434 g/mol. The van der Waals surface area contributed by atoms with Gasteiger partial charge in [-0.05, 0) is 35.4 Å². The largest absolute Gasteiger partial charge is 0.573 e. The quantitative estimate of drug-likeness (QED) is 0.295. The van der Waals surface area contributed by atoms with Gasteiger partial charge in [0.2, 0.25) is 0 Å². The molecule has 0 aliphatic rings. The number of nitrogens with zero attached hydrogens (tertiary/aromatic N) is 1. The molecule has 0 unspecified atom stereocenters. The number of halogens is 3. The summed E-state index contributed by atoms with van der Waals surface area (Å²) in [6.45, 7) is 1.56. The Bertz CT molecular complexity index is 1070. The summed E-state index contributed by atoms with van der Waals surface area (Å²) in [6.07, 6.45) is -4.81. The second kappa shape index (κ2) is 9.67. The first kappa shape index (κ1) is 23.3. The number of carbonyl (C=O) groups is 2. The normalized spacial score (nSPS) is 11.7. The molecule has 2 aromatic carbocycles. The topological polar surface area (TPSA) is 109 Å². The maximum atomic E-state index is 12.5. The van der Waals surface area contributed by atoms with Gasteiger partial charge in [0, 0.05) is 12.1 Å². The minimum Gasteiger partial charge on any atom is -0.511 e. The van der Waals surface area contributed by atoms with E-state index in [0.717, 1.165) is 19.2 Å². The Morgan fingerprint density at radius 3 is 2.48 bits per heavy atom. The molecular formula is C21H17F3N2O5. The molecule has 0 atom stereocenters. The van der Waals surface area contributed by atoms with Crippen molar-refractivity contribution >= 4 is 17.6 Å². The number of aliphatic hydroxyl groups is 1. The molecule has 0 bridgehead atoms. The Kier molecular flexibility index (Phi) is 7.26. The number of hydrogen-bond acceptors (Lipinski definition) is 6. The summed E-state index contributed by atoms with van der Waals surface area (Å²) in [7, 11) is 1.12. The van der Waals surface area contributed by atoms with Crippen LogP contribution in [0.15, 0.2) is 53.8 Å². The van der Waals surface area contributed by atoms with Crippen LogP contribution >= 0.6 is 0 Å². The number of rotatable bonds is 6. The maximum absolute atomic E-state index is 12.5. The molecule has 162 valence electrons. The number of anilines is 1. The average Bonchev–Trinajstić information content (AvgIpc) is 2.72. The molecule has 2 aromatic rings. The first-order chi connectivity index (χ1) is 14.6. The highest BCUT2D eigenvalue weighted by atomic mass is 19.4. The highest BCUT2D eigenvalue weighted by Gasteiger charge is 2.31. The van der Waals surface area contributed by atoms with Gasteiger partial charge in [-0.25, -0.2) is 4.79 Å². The molecule has 0 saturated carbocycles. The van der Waals surface area contributed by atoms with Gasteiger partial charge in [0.1, 0.15) is 17.6 Å². The van der Waals surface area contributed by atoms with E-state index in [1.54, 1.807) is 13.0 Å². The fourth-order valence-electron chi connectivity index (χ4n) is 2.63. The number of hydrogen-bond donors (Lipinski definition) is 2. The van der Waals surface area contributed by atoms with Crippen molar-refractivity contribution in [3.05, 3.63) is 59.4 Å². The van der Waals surface area contributed by atoms with Crippen LogP contribution in [-0.2, 0) is 9.53 Å². The SMILES string of the molecule is CC/C(O)=C(\C#N)C(=O)Nc1ccc(-c2cccc(OC(F)(F)F)c2)c(C(=O)OC)c1. The van der Waals surface area contributed by atoms with Crippen molar-refractivity contribution in [3.8, 4) is 22.9 Å². The van der Waals surface area contributed by atoms with E-state index < -0.39 is 35.3 Å². The van der Waals surface area contributed by atoms with E-state index in [0.29, 0.717) is 0 Å². The number of nitrogens with one attached hydrogen (secondary N) is 1. The molecule has 10 heteroatoms. The van der Waals surface area contributed by atoms with Gasteiger partial charge in [-0.15, -0.1) is 13.2 Å². The van der Waals surface area contributed by atoms with Gasteiger partial charge in [0.15, 0.2) is 5.57 Å². The Hall–Kier alpha value is -4.00. The van der Waals surface area contributed by atoms with E-state index in [1.807, 2.05) is 0 Å². The van der Waals surface area contributed by atoms with Gasteiger partial charge in [-0.2, -0.15) is 5.26 Å². The van der Waals surface area contributed by atoms with Crippen LogP contribution in [-0.4, -0.2) is 30.5 Å². The van der Waals surface area contributed by atoms with Crippen molar-refractivity contribution in [2.75, 3.05) is 12.4 Å². The molecule has 0 aromatic heterocycles. The molecule has 0 aliphatic heterocycles. The zero-order chi connectivity index (χ0) is 23.2. The zero-order valence-corrected chi connectivity index (χ0v) is 16.4. The lowest BCUT2D eigenvalue weighted by molar-refractivity contribution is -0.274. The number of methoxy groups -OCH3 is 1. The molecule has 0 spiro atoms. The number of aliphatic hydroxyl groups excluding tert-OH is 1. The van der Waals surface area contributed by atoms with Crippen LogP contribution in [0.2, 0.25) is 0 Å². The van der Waals surface area contributed by atoms with Crippen molar-refractivity contribution in [2.24, 2.45) is 0 Å². The first-order valence-corrected chi connectivity index (χ1v) is 8.81. The van der Waals surface area contributed by atoms with Gasteiger partial charge < -0.3 is 19.9 Å². The zero-order valence-electron chi connectivity index (χ0n) is 16.4. The van der Waals surface area contributed by atoms with Crippen molar-refractivity contribution in [1.82, 2.24) is 0 Å². The van der Waals surface area contributed by atoms with Gasteiger partial charge in [-0.1, -0.05) is 25.1 Å². The summed E-state index contributed by atoms with van der Waals surface area (Å²) >= 11 is 0. The number of esters is 1. The average molecular weight is 434 g/mol. The van der Waals surface area contributed by atoms with Gasteiger partial charge in [0.05, 0.1) is 12.7 Å². The third-order valence-corrected chi connectivity index (χ3v) is 4.02. The lowest BCUT2D eigenvalue weighted by Crippen LogP contribution is -2.17. The number of amides is 1. The number of carbonyl (C=O) groups excluding carboxylic acids is 2. The van der Waals surface area contributed by atoms with E-state index in [4.69, 9.17) is 10.00 Å². The van der Waals surface area contributed by atoms with Crippen LogP contribution < -0.4 is 10.1 Å². The minimum atomic E-state index is -4.88. The number of nitriles is 1. The molecular weight excluding hydrogens is 417 g/mol. The standard InChI is InChI=1S/C21H17F3N2O5/c1-3-18(27)17(11-25)19(28)26-13-7-8-15(16(10-13)20(29)30-2)12-5-4-6-14(9-12)31-21(22,23)24/h4-10,27H,3H2,1-2H3,(H,26,28)/b18-17-. The summed E-state index contributed by atoms with van der Waals surface area (Å²) in [5, 5.41) is 21.1. The molecule has 7 nitrogen and oxygen atoms in total. The number of benzene rings is 2. The summed E-state index contributed by atoms with van der Waals surface area (Å²) in [4.78, 5) is 24.5. The molecule has 0 saturated heterocycles.